The summed E-state index contributed by atoms with van der Waals surface area (Å²) in [5.74, 6) is -1.54. The van der Waals surface area contributed by atoms with Gasteiger partial charge in [0, 0.05) is 19.3 Å². The van der Waals surface area contributed by atoms with Crippen LogP contribution in [0.25, 0.3) is 0 Å². The molecule has 0 bridgehead atoms. The van der Waals surface area contributed by atoms with Crippen LogP contribution in [0.2, 0.25) is 0 Å². The Hall–Kier alpha value is -3.49. The number of carbonyl (C=O) groups is 3. The van der Waals surface area contributed by atoms with Crippen molar-refractivity contribution in [1.29, 1.82) is 0 Å². The fourth-order valence-corrected chi connectivity index (χ4v) is 7.85. The number of allylic oxidation sites excluding steroid dienone is 14. The lowest BCUT2D eigenvalue weighted by atomic mass is 10.0. The summed E-state index contributed by atoms with van der Waals surface area (Å²) < 4.78 is 17.3. The lowest BCUT2D eigenvalue weighted by Gasteiger charge is -2.31. The molecule has 8 heteroatoms. The number of rotatable bonds is 49. The first-order valence-corrected chi connectivity index (χ1v) is 27.6. The molecule has 0 amide bonds. The predicted octanol–water partition coefficient (Wildman–Crippen LogP) is 16.4. The SMILES string of the molecule is CC/C=C/C/C=C/C/C=C/C/C=C/C/C=C/C/C=C/C/C=C/CCCC(=O)OCC(COCCC(C(=O)O)[N+](C)(C)C)OC(=O)CCCCCCCCCCCCCCCCCCCCCCC. The molecule has 0 heterocycles. The highest BCUT2D eigenvalue weighted by atomic mass is 16.6. The molecule has 1 N–H and O–H groups in total. The molecule has 0 rings (SSSR count). The lowest BCUT2D eigenvalue weighted by Crippen LogP contribution is -2.50. The number of carboxylic acid groups (broad SMARTS) is 1. The fraction of sp³-hybridized carbons (Fsp3) is 0.717. The number of nitrogens with zero attached hydrogens (tertiary/aromatic N) is 1. The number of hydrogen-bond acceptors (Lipinski definition) is 6. The summed E-state index contributed by atoms with van der Waals surface area (Å²) in [6.07, 6.45) is 66.5. The van der Waals surface area contributed by atoms with Crippen LogP contribution >= 0.6 is 0 Å². The molecule has 0 saturated carbocycles. The van der Waals surface area contributed by atoms with Crippen LogP contribution in [0.3, 0.4) is 0 Å². The minimum atomic E-state index is -0.883. The molecule has 0 aromatic heterocycles. The van der Waals surface area contributed by atoms with Crippen molar-refractivity contribution in [1.82, 2.24) is 0 Å². The lowest BCUT2D eigenvalue weighted by molar-refractivity contribution is -0.887. The first kappa shape index (κ1) is 64.5. The molecule has 0 aliphatic rings. The van der Waals surface area contributed by atoms with E-state index in [1.54, 1.807) is 0 Å². The molecule has 0 spiro atoms. The molecule has 0 fully saturated rings. The normalized spacial score (nSPS) is 13.5. The number of likely N-dealkylation sites (N-methyl/N-ethyl adjacent to an activating group) is 1. The van der Waals surface area contributed by atoms with E-state index in [1.165, 1.54) is 116 Å². The van der Waals surface area contributed by atoms with Gasteiger partial charge in [-0.2, -0.15) is 0 Å². The van der Waals surface area contributed by atoms with Crippen LogP contribution in [0, 0.1) is 0 Å². The van der Waals surface area contributed by atoms with Crippen molar-refractivity contribution in [3.8, 4) is 0 Å². The van der Waals surface area contributed by atoms with Gasteiger partial charge in [-0.3, -0.25) is 9.59 Å². The van der Waals surface area contributed by atoms with E-state index < -0.39 is 18.1 Å². The first-order chi connectivity index (χ1) is 33.1. The molecule has 390 valence electrons. The van der Waals surface area contributed by atoms with Crippen molar-refractivity contribution in [2.45, 2.75) is 238 Å². The van der Waals surface area contributed by atoms with E-state index in [4.69, 9.17) is 14.2 Å². The van der Waals surface area contributed by atoms with Crippen LogP contribution in [0.5, 0.6) is 0 Å². The number of quaternary nitrogens is 1. The molecule has 2 unspecified atom stereocenters. The van der Waals surface area contributed by atoms with E-state index in [-0.39, 0.29) is 42.7 Å². The fourth-order valence-electron chi connectivity index (χ4n) is 7.85. The summed E-state index contributed by atoms with van der Waals surface area (Å²) in [4.78, 5) is 37.2. The summed E-state index contributed by atoms with van der Waals surface area (Å²) >= 11 is 0. The third kappa shape index (κ3) is 47.6. The molecule has 0 aliphatic heterocycles. The summed E-state index contributed by atoms with van der Waals surface area (Å²) in [6.45, 7) is 4.59. The largest absolute Gasteiger partial charge is 0.477 e. The second-order valence-corrected chi connectivity index (χ2v) is 19.5. The van der Waals surface area contributed by atoms with Crippen LogP contribution in [0.1, 0.15) is 226 Å². The van der Waals surface area contributed by atoms with Crippen molar-refractivity contribution in [3.05, 3.63) is 85.1 Å². The Balaban J connectivity index is 4.30. The quantitative estimate of drug-likeness (QED) is 0.0281. The van der Waals surface area contributed by atoms with Crippen LogP contribution < -0.4 is 0 Å². The van der Waals surface area contributed by atoms with Gasteiger partial charge >= 0.3 is 17.9 Å². The topological polar surface area (TPSA) is 99.1 Å². The second-order valence-electron chi connectivity index (χ2n) is 19.5. The van der Waals surface area contributed by atoms with E-state index in [0.29, 0.717) is 19.3 Å². The zero-order valence-electron chi connectivity index (χ0n) is 44.5. The molecule has 0 aromatic carbocycles. The summed E-state index contributed by atoms with van der Waals surface area (Å²) in [5, 5.41) is 9.67. The van der Waals surface area contributed by atoms with Crippen molar-refractivity contribution in [3.63, 3.8) is 0 Å². The van der Waals surface area contributed by atoms with Gasteiger partial charge in [0.15, 0.2) is 12.1 Å². The minimum absolute atomic E-state index is 0.0408. The number of carboxylic acids is 1. The Morgan fingerprint density at radius 1 is 0.456 bits per heavy atom. The zero-order valence-corrected chi connectivity index (χ0v) is 44.5. The van der Waals surface area contributed by atoms with Crippen molar-refractivity contribution >= 4 is 17.9 Å². The predicted molar refractivity (Wildman–Crippen MR) is 289 cm³/mol. The number of aliphatic carboxylic acids is 1. The molecular weight excluding hydrogens is 847 g/mol. The highest BCUT2D eigenvalue weighted by molar-refractivity contribution is 5.72. The Labute approximate surface area is 418 Å². The molecule has 0 aromatic rings. The smallest absolute Gasteiger partial charge is 0.362 e. The van der Waals surface area contributed by atoms with E-state index in [1.807, 2.05) is 21.1 Å². The Morgan fingerprint density at radius 2 is 0.824 bits per heavy atom. The molecule has 0 aliphatic carbocycles. The van der Waals surface area contributed by atoms with Gasteiger partial charge in [-0.25, -0.2) is 4.79 Å². The average Bonchev–Trinajstić information content (AvgIpc) is 3.30. The maximum Gasteiger partial charge on any atom is 0.362 e. The van der Waals surface area contributed by atoms with Gasteiger partial charge < -0.3 is 23.8 Å². The Morgan fingerprint density at radius 3 is 1.21 bits per heavy atom. The molecule has 68 heavy (non-hydrogen) atoms. The minimum Gasteiger partial charge on any atom is -0.477 e. The standard InChI is InChI=1S/C60H103NO7/c1-6-8-10-12-14-16-18-20-22-24-26-28-29-31-32-34-36-38-40-42-44-46-48-50-58(62)67-55-56(54-66-53-52-57(60(64)65)61(3,4)5)68-59(63)51-49-47-45-43-41-39-37-35-33-30-27-25-23-21-19-17-15-13-11-9-7-2/h8,10,14,16,20,22,26,28,31-32,36,38,42,44,56-57H,6-7,9,11-13,15,17-19,21,23-25,27,29-30,33-35,37,39-41,43,45-55H2,1-5H3/p+1/b10-8+,16-14+,22-20+,28-26+,32-31+,38-36+,44-42+. The highest BCUT2D eigenvalue weighted by Crippen LogP contribution is 2.16. The monoisotopic (exact) mass is 951 g/mol. The number of carbonyl (C=O) groups excluding carboxylic acids is 2. The maximum absolute atomic E-state index is 12.8. The van der Waals surface area contributed by atoms with E-state index in [9.17, 15) is 19.5 Å². The van der Waals surface area contributed by atoms with E-state index in [2.05, 4.69) is 98.9 Å². The van der Waals surface area contributed by atoms with Crippen LogP contribution in [-0.2, 0) is 28.6 Å². The highest BCUT2D eigenvalue weighted by Gasteiger charge is 2.31. The average molecular weight is 951 g/mol. The van der Waals surface area contributed by atoms with Crippen molar-refractivity contribution in [2.75, 3.05) is 41.0 Å². The van der Waals surface area contributed by atoms with Gasteiger partial charge in [-0.05, 0) is 64.2 Å². The molecule has 2 atom stereocenters. The second kappa shape index (κ2) is 49.9. The summed E-state index contributed by atoms with van der Waals surface area (Å²) in [7, 11) is 5.52. The van der Waals surface area contributed by atoms with Crippen LogP contribution in [0.4, 0.5) is 0 Å². The van der Waals surface area contributed by atoms with Crippen LogP contribution in [0.15, 0.2) is 85.1 Å². The number of esters is 2. The Bertz CT molecular complexity index is 1380. The maximum atomic E-state index is 12.8. The molecule has 0 radical (unpaired) electrons. The third-order valence-electron chi connectivity index (χ3n) is 12.1. The summed E-state index contributed by atoms with van der Waals surface area (Å²) in [6, 6.07) is -0.627. The molecule has 8 nitrogen and oxygen atoms in total. The van der Waals surface area contributed by atoms with Gasteiger partial charge in [0.2, 0.25) is 0 Å². The van der Waals surface area contributed by atoms with Gasteiger partial charge in [-0.15, -0.1) is 0 Å². The number of hydrogen-bond donors (Lipinski definition) is 1. The summed E-state index contributed by atoms with van der Waals surface area (Å²) in [5.41, 5.74) is 0. The van der Waals surface area contributed by atoms with Crippen molar-refractivity contribution < 1.29 is 38.2 Å². The van der Waals surface area contributed by atoms with E-state index in [0.717, 1.165) is 70.6 Å². The van der Waals surface area contributed by atoms with Crippen molar-refractivity contribution in [2.24, 2.45) is 0 Å². The zero-order chi connectivity index (χ0) is 49.9. The molecular formula is C60H104NO7+. The third-order valence-corrected chi connectivity index (χ3v) is 12.1. The van der Waals surface area contributed by atoms with Gasteiger partial charge in [-0.1, -0.05) is 227 Å². The molecule has 0 saturated heterocycles. The van der Waals surface area contributed by atoms with Crippen LogP contribution in [-0.4, -0.2) is 80.6 Å². The number of unbranched alkanes of at least 4 members (excludes halogenated alkanes) is 21. The first-order valence-electron chi connectivity index (χ1n) is 27.6. The Kier molecular flexibility index (Phi) is 47.4. The van der Waals surface area contributed by atoms with Gasteiger partial charge in [0.1, 0.15) is 6.61 Å². The van der Waals surface area contributed by atoms with E-state index >= 15 is 0 Å². The van der Waals surface area contributed by atoms with Gasteiger partial charge in [0.25, 0.3) is 0 Å². The van der Waals surface area contributed by atoms with Gasteiger partial charge in [0.05, 0.1) is 34.4 Å². The number of ether oxygens (including phenoxy) is 3.